The summed E-state index contributed by atoms with van der Waals surface area (Å²) < 4.78 is 1.31. The summed E-state index contributed by atoms with van der Waals surface area (Å²) in [5, 5.41) is 8.93. The second-order valence-electron chi connectivity index (χ2n) is 4.83. The number of H-pyrrole nitrogens is 1. The predicted molar refractivity (Wildman–Crippen MR) is 71.1 cm³/mol. The molecule has 2 atom stereocenters. The third-order valence-corrected chi connectivity index (χ3v) is 3.54. The summed E-state index contributed by atoms with van der Waals surface area (Å²) in [6.07, 6.45) is 1.89. The molecule has 2 N–H and O–H groups in total. The van der Waals surface area contributed by atoms with Gasteiger partial charge in [0.25, 0.3) is 5.56 Å². The first-order chi connectivity index (χ1) is 9.58. The lowest BCUT2D eigenvalue weighted by Gasteiger charge is -2.05. The lowest BCUT2D eigenvalue weighted by Crippen LogP contribution is -2.33. The molecule has 1 aliphatic carbocycles. The zero-order chi connectivity index (χ0) is 14.3. The van der Waals surface area contributed by atoms with Crippen molar-refractivity contribution in [2.45, 2.75) is 18.4 Å². The largest absolute Gasteiger partial charge is 0.477 e. The molecule has 0 aliphatic heterocycles. The van der Waals surface area contributed by atoms with Crippen molar-refractivity contribution in [3.8, 4) is 0 Å². The molecule has 1 fully saturated rings. The van der Waals surface area contributed by atoms with Gasteiger partial charge in [-0.05, 0) is 12.0 Å². The minimum atomic E-state index is -1.34. The number of rotatable bonds is 3. The molecule has 1 aromatic carbocycles. The van der Waals surface area contributed by atoms with Crippen molar-refractivity contribution in [1.82, 2.24) is 9.55 Å². The quantitative estimate of drug-likeness (QED) is 0.870. The van der Waals surface area contributed by atoms with E-state index in [1.165, 1.54) is 4.57 Å². The second-order valence-corrected chi connectivity index (χ2v) is 4.83. The summed E-state index contributed by atoms with van der Waals surface area (Å²) in [5.41, 5.74) is -0.741. The average molecular weight is 272 g/mol. The third kappa shape index (κ3) is 2.05. The topological polar surface area (TPSA) is 92.2 Å². The van der Waals surface area contributed by atoms with E-state index in [0.717, 1.165) is 18.2 Å². The van der Waals surface area contributed by atoms with Gasteiger partial charge in [0.1, 0.15) is 5.56 Å². The summed E-state index contributed by atoms with van der Waals surface area (Å²) >= 11 is 0. The Morgan fingerprint density at radius 3 is 2.60 bits per heavy atom. The molecule has 6 heteroatoms. The molecule has 1 saturated carbocycles. The minimum Gasteiger partial charge on any atom is -0.477 e. The highest BCUT2D eigenvalue weighted by Crippen LogP contribution is 2.50. The van der Waals surface area contributed by atoms with Crippen LogP contribution in [0.15, 0.2) is 46.1 Å². The Morgan fingerprint density at radius 2 is 1.95 bits per heavy atom. The molecule has 1 aliphatic rings. The van der Waals surface area contributed by atoms with Gasteiger partial charge in [0.15, 0.2) is 0 Å². The highest BCUT2D eigenvalue weighted by atomic mass is 16.4. The van der Waals surface area contributed by atoms with Crippen LogP contribution >= 0.6 is 0 Å². The van der Waals surface area contributed by atoms with Gasteiger partial charge in [0.05, 0.1) is 0 Å². The number of nitrogens with zero attached hydrogens (tertiary/aromatic N) is 1. The second kappa shape index (κ2) is 4.48. The van der Waals surface area contributed by atoms with Crippen molar-refractivity contribution in [2.75, 3.05) is 0 Å². The van der Waals surface area contributed by atoms with Crippen LogP contribution in [-0.4, -0.2) is 20.6 Å². The molecule has 0 saturated heterocycles. The van der Waals surface area contributed by atoms with Crippen molar-refractivity contribution >= 4 is 5.97 Å². The average Bonchev–Trinajstić information content (AvgIpc) is 3.19. The van der Waals surface area contributed by atoms with Crippen molar-refractivity contribution in [3.63, 3.8) is 0 Å². The van der Waals surface area contributed by atoms with Gasteiger partial charge >= 0.3 is 11.7 Å². The molecule has 1 heterocycles. The normalized spacial score (nSPS) is 20.6. The van der Waals surface area contributed by atoms with E-state index in [9.17, 15) is 14.4 Å². The standard InChI is InChI=1S/C14H12N2O4/c17-12-10(13(18)19)7-16(14(20)15-12)11-6-9(11)8-4-2-1-3-5-8/h1-5,7,9,11H,6H2,(H,18,19)(H,15,17,20). The van der Waals surface area contributed by atoms with Gasteiger partial charge in [0.2, 0.25) is 0 Å². The molecule has 0 radical (unpaired) electrons. The van der Waals surface area contributed by atoms with E-state index in [1.807, 2.05) is 30.3 Å². The Balaban J connectivity index is 1.97. The van der Waals surface area contributed by atoms with Crippen LogP contribution in [0.2, 0.25) is 0 Å². The van der Waals surface area contributed by atoms with Gasteiger partial charge in [-0.1, -0.05) is 30.3 Å². The van der Waals surface area contributed by atoms with Crippen LogP contribution in [0.4, 0.5) is 0 Å². The molecule has 0 spiro atoms. The maximum absolute atomic E-state index is 11.8. The fourth-order valence-electron chi connectivity index (χ4n) is 2.43. The molecule has 0 bridgehead atoms. The highest BCUT2D eigenvalue weighted by Gasteiger charge is 2.40. The van der Waals surface area contributed by atoms with Crippen molar-refractivity contribution in [1.29, 1.82) is 0 Å². The number of hydrogen-bond donors (Lipinski definition) is 2. The van der Waals surface area contributed by atoms with E-state index in [2.05, 4.69) is 4.98 Å². The number of aromatic carboxylic acids is 1. The summed E-state index contributed by atoms with van der Waals surface area (Å²) in [6, 6.07) is 9.60. The molecule has 2 aromatic rings. The van der Waals surface area contributed by atoms with Crippen LogP contribution in [0, 0.1) is 0 Å². The number of nitrogens with one attached hydrogen (secondary N) is 1. The van der Waals surface area contributed by atoms with Gasteiger partial charge in [-0.15, -0.1) is 0 Å². The van der Waals surface area contributed by atoms with E-state index in [0.29, 0.717) is 0 Å². The zero-order valence-electron chi connectivity index (χ0n) is 10.4. The molecule has 6 nitrogen and oxygen atoms in total. The molecular formula is C14H12N2O4. The van der Waals surface area contributed by atoms with E-state index in [-0.39, 0.29) is 12.0 Å². The van der Waals surface area contributed by atoms with Crippen LogP contribution < -0.4 is 11.2 Å². The Morgan fingerprint density at radius 1 is 1.25 bits per heavy atom. The maximum Gasteiger partial charge on any atom is 0.342 e. The molecule has 3 rings (SSSR count). The summed E-state index contributed by atoms with van der Waals surface area (Å²) in [5.74, 6) is -1.15. The van der Waals surface area contributed by atoms with Crippen LogP contribution in [0.1, 0.15) is 34.3 Å². The molecule has 20 heavy (non-hydrogen) atoms. The molecule has 2 unspecified atom stereocenters. The van der Waals surface area contributed by atoms with Crippen molar-refractivity contribution in [2.24, 2.45) is 0 Å². The number of benzene rings is 1. The fourth-order valence-corrected chi connectivity index (χ4v) is 2.43. The minimum absolute atomic E-state index is 0.0974. The monoisotopic (exact) mass is 272 g/mol. The van der Waals surface area contributed by atoms with E-state index in [4.69, 9.17) is 5.11 Å². The Labute approximate surface area is 113 Å². The van der Waals surface area contributed by atoms with Crippen molar-refractivity contribution in [3.05, 3.63) is 68.5 Å². The number of aromatic nitrogens is 2. The maximum atomic E-state index is 11.8. The number of aromatic amines is 1. The first-order valence-corrected chi connectivity index (χ1v) is 6.21. The van der Waals surface area contributed by atoms with Crippen LogP contribution in [0.3, 0.4) is 0 Å². The number of carboxylic acids is 1. The Bertz CT molecular complexity index is 776. The summed E-state index contributed by atoms with van der Waals surface area (Å²) in [6.45, 7) is 0. The van der Waals surface area contributed by atoms with Gasteiger partial charge in [-0.3, -0.25) is 14.3 Å². The zero-order valence-corrected chi connectivity index (χ0v) is 10.4. The van der Waals surface area contributed by atoms with Crippen LogP contribution in [0.25, 0.3) is 0 Å². The lowest BCUT2D eigenvalue weighted by molar-refractivity contribution is 0.0693. The lowest BCUT2D eigenvalue weighted by atomic mass is 10.1. The molecule has 0 amide bonds. The summed E-state index contributed by atoms with van der Waals surface area (Å²) in [4.78, 5) is 36.2. The SMILES string of the molecule is O=C(O)c1cn(C2CC2c2ccccc2)c(=O)[nH]c1=O. The van der Waals surface area contributed by atoms with Crippen LogP contribution in [0.5, 0.6) is 0 Å². The predicted octanol–water partition coefficient (Wildman–Crippen LogP) is 0.963. The van der Waals surface area contributed by atoms with Gasteiger partial charge < -0.3 is 5.11 Å². The Kier molecular flexibility index (Phi) is 2.78. The highest BCUT2D eigenvalue weighted by molar-refractivity contribution is 5.86. The number of hydrogen-bond acceptors (Lipinski definition) is 3. The smallest absolute Gasteiger partial charge is 0.342 e. The fraction of sp³-hybridized carbons (Fsp3) is 0.214. The van der Waals surface area contributed by atoms with Crippen LogP contribution in [-0.2, 0) is 0 Å². The van der Waals surface area contributed by atoms with E-state index < -0.39 is 22.8 Å². The van der Waals surface area contributed by atoms with E-state index >= 15 is 0 Å². The first-order valence-electron chi connectivity index (χ1n) is 6.21. The molecule has 1 aromatic heterocycles. The Hall–Kier alpha value is -2.63. The molecule has 102 valence electrons. The summed E-state index contributed by atoms with van der Waals surface area (Å²) in [7, 11) is 0. The number of carbonyl (C=O) groups is 1. The first kappa shape index (κ1) is 12.4. The van der Waals surface area contributed by atoms with E-state index in [1.54, 1.807) is 0 Å². The van der Waals surface area contributed by atoms with Crippen molar-refractivity contribution < 1.29 is 9.90 Å². The number of carboxylic acid groups (broad SMARTS) is 1. The third-order valence-electron chi connectivity index (χ3n) is 3.54. The van der Waals surface area contributed by atoms with Gasteiger partial charge in [-0.25, -0.2) is 9.59 Å². The van der Waals surface area contributed by atoms with Gasteiger partial charge in [-0.2, -0.15) is 0 Å². The van der Waals surface area contributed by atoms with Gasteiger partial charge in [0, 0.05) is 18.2 Å². The molecular weight excluding hydrogens is 260 g/mol.